The molecular formula is C16H28N10O4S2. The van der Waals surface area contributed by atoms with Crippen LogP contribution in [0.2, 0.25) is 0 Å². The van der Waals surface area contributed by atoms with Gasteiger partial charge in [-0.05, 0) is 42.7 Å². The molecule has 1 aliphatic heterocycles. The Bertz CT molecular complexity index is 1130. The minimum Gasteiger partial charge on any atom is -0.371 e. The zero-order chi connectivity index (χ0) is 23.5. The smallest absolute Gasteiger partial charge is 0.242 e. The second-order valence-electron chi connectivity index (χ2n) is 7.58. The molecule has 1 saturated heterocycles. The fourth-order valence-electron chi connectivity index (χ4n) is 3.58. The van der Waals surface area contributed by atoms with Gasteiger partial charge >= 0.3 is 0 Å². The molecule has 32 heavy (non-hydrogen) atoms. The fourth-order valence-corrected chi connectivity index (χ4v) is 6.27. The number of hydrogen-bond donors (Lipinski definition) is 6. The number of anilines is 1. The Hall–Kier alpha value is -2.21. The third-order valence-corrected chi connectivity index (χ3v) is 7.96. The van der Waals surface area contributed by atoms with E-state index < -0.39 is 35.9 Å². The van der Waals surface area contributed by atoms with E-state index in [1.54, 1.807) is 0 Å². The molecule has 178 valence electrons. The molecule has 1 atom stereocenters. The first-order chi connectivity index (χ1) is 15.1. The van der Waals surface area contributed by atoms with E-state index in [1.807, 2.05) is 4.90 Å². The van der Waals surface area contributed by atoms with Crippen LogP contribution in [0.1, 0.15) is 12.8 Å². The van der Waals surface area contributed by atoms with Gasteiger partial charge in [0.25, 0.3) is 0 Å². The monoisotopic (exact) mass is 488 g/mol. The summed E-state index contributed by atoms with van der Waals surface area (Å²) in [4.78, 5) is 0.775. The highest BCUT2D eigenvalue weighted by molar-refractivity contribution is 7.92. The minimum absolute atomic E-state index is 0.0381. The topological polar surface area (TPSA) is 242 Å². The molecule has 0 spiro atoms. The van der Waals surface area contributed by atoms with Crippen molar-refractivity contribution < 1.29 is 16.8 Å². The lowest BCUT2D eigenvalue weighted by Crippen LogP contribution is -2.42. The predicted molar refractivity (Wildman–Crippen MR) is 117 cm³/mol. The second kappa shape index (κ2) is 9.74. The second-order valence-corrected chi connectivity index (χ2v) is 10.8. The molecule has 0 aliphatic carbocycles. The van der Waals surface area contributed by atoms with Gasteiger partial charge in [-0.3, -0.25) is 0 Å². The summed E-state index contributed by atoms with van der Waals surface area (Å²) in [6.45, 7) is 1.59. The lowest BCUT2D eigenvalue weighted by atomic mass is 9.96. The van der Waals surface area contributed by atoms with Crippen LogP contribution in [-0.2, 0) is 20.0 Å². The minimum atomic E-state index is -4.54. The van der Waals surface area contributed by atoms with Crippen molar-refractivity contribution in [2.24, 2.45) is 28.3 Å². The van der Waals surface area contributed by atoms with Gasteiger partial charge in [-0.1, -0.05) is 0 Å². The highest BCUT2D eigenvalue weighted by Gasteiger charge is 2.34. The molecule has 1 aromatic carbocycles. The van der Waals surface area contributed by atoms with Crippen molar-refractivity contribution in [3.63, 3.8) is 0 Å². The van der Waals surface area contributed by atoms with Crippen LogP contribution in [0.15, 0.2) is 21.9 Å². The summed E-state index contributed by atoms with van der Waals surface area (Å²) in [5.41, 5.74) is 17.3. The first-order valence-corrected chi connectivity index (χ1v) is 13.0. The zero-order valence-electron chi connectivity index (χ0n) is 17.3. The third-order valence-electron chi connectivity index (χ3n) is 5.37. The van der Waals surface area contributed by atoms with E-state index in [4.69, 9.17) is 22.3 Å². The molecule has 16 heteroatoms. The molecule has 2 aromatic rings. The van der Waals surface area contributed by atoms with Crippen molar-refractivity contribution in [3.05, 3.63) is 12.1 Å². The number of sulfonamides is 2. The van der Waals surface area contributed by atoms with E-state index in [1.165, 1.54) is 12.1 Å². The molecule has 0 radical (unpaired) electrons. The number of hydrogen-bond acceptors (Lipinski definition) is 11. The number of nitrogens with two attached hydrogens (primary N) is 4. The van der Waals surface area contributed by atoms with Gasteiger partial charge in [0, 0.05) is 37.9 Å². The van der Waals surface area contributed by atoms with Crippen molar-refractivity contribution in [1.82, 2.24) is 25.3 Å². The number of nitrogens with one attached hydrogen (secondary N) is 2. The van der Waals surface area contributed by atoms with Crippen molar-refractivity contribution in [2.75, 3.05) is 37.6 Å². The largest absolute Gasteiger partial charge is 0.371 e. The summed E-state index contributed by atoms with van der Waals surface area (Å²) >= 11 is 0. The molecule has 1 aromatic heterocycles. The Labute approximate surface area is 186 Å². The molecule has 2 heterocycles. The predicted octanol–water partition coefficient (Wildman–Crippen LogP) is -2.75. The third kappa shape index (κ3) is 5.22. The molecule has 14 nitrogen and oxygen atoms in total. The maximum absolute atomic E-state index is 13.0. The lowest BCUT2D eigenvalue weighted by molar-refractivity contribution is 0.414. The van der Waals surface area contributed by atoms with Crippen molar-refractivity contribution >= 4 is 25.7 Å². The maximum Gasteiger partial charge on any atom is 0.242 e. The summed E-state index contributed by atoms with van der Waals surface area (Å²) in [7, 11) is -8.86. The number of benzene rings is 1. The first-order valence-electron chi connectivity index (χ1n) is 9.92. The van der Waals surface area contributed by atoms with E-state index in [2.05, 4.69) is 25.3 Å². The fraction of sp³-hybridized carbons (Fsp3) is 0.562. The Morgan fingerprint density at radius 1 is 1.19 bits per heavy atom. The molecule has 1 aliphatic rings. The maximum atomic E-state index is 13.0. The number of piperidine rings is 1. The van der Waals surface area contributed by atoms with E-state index in [0.717, 1.165) is 12.8 Å². The summed E-state index contributed by atoms with van der Waals surface area (Å²) < 4.78 is 53.6. The van der Waals surface area contributed by atoms with E-state index in [9.17, 15) is 16.8 Å². The SMILES string of the molecule is NCC(N)CNS(=O)(=O)c1ccc(N2CCC(CN)CC2)c(-c2nn[nH]n2)c1S(N)(=O)=O. The quantitative estimate of drug-likeness (QED) is 0.211. The molecule has 0 bridgehead atoms. The number of nitrogens with zero attached hydrogens (tertiary/aromatic N) is 4. The number of aromatic amines is 1. The van der Waals surface area contributed by atoms with Crippen LogP contribution < -0.4 is 32.0 Å². The molecular weight excluding hydrogens is 460 g/mol. The van der Waals surface area contributed by atoms with Gasteiger partial charge in [0.15, 0.2) is 0 Å². The summed E-state index contributed by atoms with van der Waals surface area (Å²) in [5, 5.41) is 19.0. The summed E-state index contributed by atoms with van der Waals surface area (Å²) in [6, 6.07) is 2.06. The Morgan fingerprint density at radius 3 is 2.41 bits per heavy atom. The highest BCUT2D eigenvalue weighted by Crippen LogP contribution is 2.39. The number of rotatable bonds is 9. The van der Waals surface area contributed by atoms with Crippen LogP contribution in [0.3, 0.4) is 0 Å². The number of tetrazole rings is 1. The van der Waals surface area contributed by atoms with E-state index in [0.29, 0.717) is 31.2 Å². The van der Waals surface area contributed by atoms with Crippen LogP contribution in [0.25, 0.3) is 11.4 Å². The van der Waals surface area contributed by atoms with Gasteiger partial charge in [0.2, 0.25) is 25.9 Å². The van der Waals surface area contributed by atoms with E-state index >= 15 is 0 Å². The Balaban J connectivity index is 2.18. The van der Waals surface area contributed by atoms with Crippen molar-refractivity contribution in [2.45, 2.75) is 28.7 Å². The molecule has 1 fully saturated rings. The van der Waals surface area contributed by atoms with Crippen LogP contribution >= 0.6 is 0 Å². The van der Waals surface area contributed by atoms with Crippen LogP contribution in [0, 0.1) is 5.92 Å². The molecule has 10 N–H and O–H groups in total. The number of primary sulfonamides is 1. The average molecular weight is 489 g/mol. The van der Waals surface area contributed by atoms with Gasteiger partial charge in [0.05, 0.1) is 5.56 Å². The molecule has 0 saturated carbocycles. The molecule has 0 amide bonds. The first kappa shape index (κ1) is 24.4. The zero-order valence-corrected chi connectivity index (χ0v) is 18.9. The van der Waals surface area contributed by atoms with Crippen molar-refractivity contribution in [3.8, 4) is 11.4 Å². The highest BCUT2D eigenvalue weighted by atomic mass is 32.2. The average Bonchev–Trinajstić information content (AvgIpc) is 3.30. The van der Waals surface area contributed by atoms with E-state index in [-0.39, 0.29) is 24.5 Å². The summed E-state index contributed by atoms with van der Waals surface area (Å²) in [5.74, 6) is 0.258. The Morgan fingerprint density at radius 2 is 1.88 bits per heavy atom. The summed E-state index contributed by atoms with van der Waals surface area (Å²) in [6.07, 6.45) is 1.59. The van der Waals surface area contributed by atoms with Crippen LogP contribution in [-0.4, -0.2) is 76.2 Å². The van der Waals surface area contributed by atoms with Gasteiger partial charge in [0.1, 0.15) is 9.79 Å². The molecule has 3 rings (SSSR count). The standard InChI is InChI=1S/C16H28N10O4S2/c17-7-10-3-5-26(6-4-10)12-1-2-13(32(29,30)21-9-11(19)8-18)15(31(20,27)28)14(12)16-22-24-25-23-16/h1-2,10-11,21H,3-9,17-19H2,(H2,20,27,28)(H,22,23,24,25). The number of aromatic nitrogens is 4. The van der Waals surface area contributed by atoms with Crippen LogP contribution in [0.5, 0.6) is 0 Å². The normalized spacial score (nSPS) is 16.9. The van der Waals surface area contributed by atoms with Gasteiger partial charge in [-0.25, -0.2) is 26.7 Å². The van der Waals surface area contributed by atoms with Crippen LogP contribution in [0.4, 0.5) is 5.69 Å². The molecule has 1 unspecified atom stereocenters. The van der Waals surface area contributed by atoms with Gasteiger partial charge in [-0.2, -0.15) is 5.21 Å². The van der Waals surface area contributed by atoms with Crippen molar-refractivity contribution in [1.29, 1.82) is 0 Å². The van der Waals surface area contributed by atoms with Gasteiger partial charge in [-0.15, -0.1) is 10.2 Å². The van der Waals surface area contributed by atoms with Gasteiger partial charge < -0.3 is 22.1 Å². The lowest BCUT2D eigenvalue weighted by Gasteiger charge is -2.34. The Kier molecular flexibility index (Phi) is 7.43. The number of H-pyrrole nitrogens is 1.